The standard InChI is InChI=1S/C25H30F2N6O4S.ClH/c1-32(2)25(37)13-4-6-17(29-22(35)21(34)28-16-7-5-14(26)11-15(16)27)19(10-13)30-23(36)24-31-18-8-9-33(3)12-20(18)38-24;/h5,7,11,13,17,19H,4,6,8-10,12H2,1-3H3,(H,28,34)(H,29,35)(H,30,36);1H/t13-,17-,19+;/m0./s1. The second-order valence-electron chi connectivity index (χ2n) is 9.86. The van der Waals surface area contributed by atoms with Crippen LogP contribution in [0.1, 0.15) is 39.6 Å². The zero-order valence-corrected chi connectivity index (χ0v) is 23.4. The average Bonchev–Trinajstić information content (AvgIpc) is 3.29. The van der Waals surface area contributed by atoms with Gasteiger partial charge in [-0.15, -0.1) is 23.7 Å². The molecule has 4 amide bonds. The Bertz CT molecular complexity index is 1260. The highest BCUT2D eigenvalue weighted by Crippen LogP contribution is 2.28. The van der Waals surface area contributed by atoms with Gasteiger partial charge < -0.3 is 25.8 Å². The number of aromatic nitrogens is 1. The van der Waals surface area contributed by atoms with Gasteiger partial charge >= 0.3 is 11.8 Å². The molecule has 1 fully saturated rings. The molecule has 1 aromatic heterocycles. The van der Waals surface area contributed by atoms with Gasteiger partial charge in [0, 0.05) is 56.5 Å². The van der Waals surface area contributed by atoms with Crippen molar-refractivity contribution in [3.63, 3.8) is 0 Å². The van der Waals surface area contributed by atoms with E-state index in [1.165, 1.54) is 16.2 Å². The monoisotopic (exact) mass is 584 g/mol. The smallest absolute Gasteiger partial charge is 0.313 e. The zero-order chi connectivity index (χ0) is 27.6. The molecule has 39 heavy (non-hydrogen) atoms. The first-order valence-electron chi connectivity index (χ1n) is 12.3. The minimum atomic E-state index is -1.14. The van der Waals surface area contributed by atoms with Crippen LogP contribution >= 0.6 is 23.7 Å². The normalized spacial score (nSPS) is 20.7. The fraction of sp³-hybridized carbons (Fsp3) is 0.480. The predicted octanol–water partition coefficient (Wildman–Crippen LogP) is 1.94. The van der Waals surface area contributed by atoms with Crippen LogP contribution in [0, 0.1) is 17.6 Å². The summed E-state index contributed by atoms with van der Waals surface area (Å²) < 4.78 is 27.1. The summed E-state index contributed by atoms with van der Waals surface area (Å²) in [6.07, 6.45) is 1.79. The molecule has 1 aromatic carbocycles. The van der Waals surface area contributed by atoms with Crippen LogP contribution in [0.15, 0.2) is 18.2 Å². The van der Waals surface area contributed by atoms with Crippen LogP contribution in [0.4, 0.5) is 14.5 Å². The summed E-state index contributed by atoms with van der Waals surface area (Å²) in [6.45, 7) is 1.57. The fourth-order valence-corrected chi connectivity index (χ4v) is 5.84. The number of thiazole rings is 1. The Hall–Kier alpha value is -3.16. The molecule has 14 heteroatoms. The minimum Gasteiger partial charge on any atom is -0.349 e. The Morgan fingerprint density at radius 3 is 2.51 bits per heavy atom. The predicted molar refractivity (Wildman–Crippen MR) is 144 cm³/mol. The second-order valence-corrected chi connectivity index (χ2v) is 10.9. The first-order valence-corrected chi connectivity index (χ1v) is 13.1. The molecular formula is C25H31ClF2N6O4S. The van der Waals surface area contributed by atoms with Crippen molar-refractivity contribution >= 4 is 53.1 Å². The summed E-state index contributed by atoms with van der Waals surface area (Å²) in [6, 6.07) is 1.27. The number of benzene rings is 1. The van der Waals surface area contributed by atoms with Crippen molar-refractivity contribution in [3.05, 3.63) is 45.4 Å². The van der Waals surface area contributed by atoms with E-state index in [2.05, 4.69) is 25.8 Å². The number of hydrogen-bond acceptors (Lipinski definition) is 7. The number of rotatable bonds is 5. The van der Waals surface area contributed by atoms with Crippen LogP contribution in [0.3, 0.4) is 0 Å². The van der Waals surface area contributed by atoms with Crippen molar-refractivity contribution in [3.8, 4) is 0 Å². The number of carbonyl (C=O) groups excluding carboxylic acids is 4. The van der Waals surface area contributed by atoms with Gasteiger partial charge in [-0.1, -0.05) is 0 Å². The molecule has 10 nitrogen and oxygen atoms in total. The van der Waals surface area contributed by atoms with Gasteiger partial charge in [0.05, 0.1) is 17.4 Å². The molecule has 3 atom stereocenters. The van der Waals surface area contributed by atoms with E-state index in [4.69, 9.17) is 0 Å². The molecule has 0 unspecified atom stereocenters. The van der Waals surface area contributed by atoms with Gasteiger partial charge in [0.1, 0.15) is 11.6 Å². The van der Waals surface area contributed by atoms with Gasteiger partial charge in [-0.3, -0.25) is 19.2 Å². The van der Waals surface area contributed by atoms with Crippen molar-refractivity contribution in [2.24, 2.45) is 5.92 Å². The molecule has 2 aliphatic rings. The lowest BCUT2D eigenvalue weighted by atomic mass is 9.81. The highest BCUT2D eigenvalue weighted by molar-refractivity contribution is 7.13. The molecule has 0 saturated heterocycles. The van der Waals surface area contributed by atoms with Crippen molar-refractivity contribution in [2.75, 3.05) is 33.0 Å². The number of halogens is 3. The summed E-state index contributed by atoms with van der Waals surface area (Å²) in [7, 11) is 5.31. The number of nitrogens with one attached hydrogen (secondary N) is 3. The molecule has 0 radical (unpaired) electrons. The molecule has 212 valence electrons. The van der Waals surface area contributed by atoms with E-state index in [-0.39, 0.29) is 36.3 Å². The van der Waals surface area contributed by atoms with Crippen molar-refractivity contribution in [1.29, 1.82) is 0 Å². The highest BCUT2D eigenvalue weighted by Gasteiger charge is 2.37. The first-order chi connectivity index (χ1) is 18.0. The molecule has 3 N–H and O–H groups in total. The molecule has 2 aromatic rings. The number of hydrogen-bond donors (Lipinski definition) is 3. The molecular weight excluding hydrogens is 554 g/mol. The third-order valence-corrected chi connectivity index (χ3v) is 7.86. The Kier molecular flexibility index (Phi) is 9.97. The minimum absolute atomic E-state index is 0. The van der Waals surface area contributed by atoms with Gasteiger partial charge in [0.2, 0.25) is 5.91 Å². The lowest BCUT2D eigenvalue weighted by molar-refractivity contribution is -0.137. The highest BCUT2D eigenvalue weighted by atomic mass is 35.5. The summed E-state index contributed by atoms with van der Waals surface area (Å²) in [4.78, 5) is 60.1. The maximum absolute atomic E-state index is 13.9. The number of nitrogens with zero attached hydrogens (tertiary/aromatic N) is 3. The third kappa shape index (κ3) is 7.28. The lowest BCUT2D eigenvalue weighted by Gasteiger charge is -2.37. The summed E-state index contributed by atoms with van der Waals surface area (Å²) >= 11 is 1.32. The van der Waals surface area contributed by atoms with Crippen LogP contribution in [0.2, 0.25) is 0 Å². The molecule has 2 heterocycles. The van der Waals surface area contributed by atoms with E-state index in [9.17, 15) is 28.0 Å². The number of likely N-dealkylation sites (N-methyl/N-ethyl adjacent to an activating group) is 1. The summed E-state index contributed by atoms with van der Waals surface area (Å²) in [5, 5.41) is 7.96. The quantitative estimate of drug-likeness (QED) is 0.462. The SMILES string of the molecule is CN1CCc2nc(C(=O)N[C@@H]3C[C@@H](C(=O)N(C)C)CC[C@@H]3NC(=O)C(=O)Nc3ccc(F)cc3F)sc2C1.Cl. The van der Waals surface area contributed by atoms with Crippen LogP contribution in [0.25, 0.3) is 0 Å². The Labute approximate surface area is 234 Å². The van der Waals surface area contributed by atoms with Gasteiger partial charge in [0.15, 0.2) is 5.01 Å². The number of amides is 4. The van der Waals surface area contributed by atoms with E-state index in [0.717, 1.165) is 35.7 Å². The molecule has 0 bridgehead atoms. The van der Waals surface area contributed by atoms with Crippen LogP contribution < -0.4 is 16.0 Å². The number of carbonyl (C=O) groups is 4. The Balaban J connectivity index is 0.00000420. The van der Waals surface area contributed by atoms with E-state index in [1.807, 2.05) is 7.05 Å². The average molecular weight is 585 g/mol. The Morgan fingerprint density at radius 2 is 1.82 bits per heavy atom. The van der Waals surface area contributed by atoms with E-state index < -0.39 is 41.4 Å². The topological polar surface area (TPSA) is 124 Å². The van der Waals surface area contributed by atoms with Crippen molar-refractivity contribution < 1.29 is 28.0 Å². The summed E-state index contributed by atoms with van der Waals surface area (Å²) in [5.41, 5.74) is 0.562. The van der Waals surface area contributed by atoms with Gasteiger partial charge in [0.25, 0.3) is 5.91 Å². The van der Waals surface area contributed by atoms with Crippen LogP contribution in [-0.4, -0.2) is 78.2 Å². The van der Waals surface area contributed by atoms with Crippen LogP contribution in [0.5, 0.6) is 0 Å². The van der Waals surface area contributed by atoms with Gasteiger partial charge in [-0.05, 0) is 38.4 Å². The van der Waals surface area contributed by atoms with Crippen LogP contribution in [-0.2, 0) is 27.3 Å². The van der Waals surface area contributed by atoms with E-state index >= 15 is 0 Å². The number of fused-ring (bicyclic) bond motifs is 1. The Morgan fingerprint density at radius 1 is 1.08 bits per heavy atom. The second kappa shape index (κ2) is 12.8. The number of anilines is 1. The van der Waals surface area contributed by atoms with E-state index in [1.54, 1.807) is 14.1 Å². The largest absolute Gasteiger partial charge is 0.349 e. The maximum atomic E-state index is 13.9. The van der Waals surface area contributed by atoms with Gasteiger partial charge in [-0.25, -0.2) is 13.8 Å². The van der Waals surface area contributed by atoms with Crippen molar-refractivity contribution in [2.45, 2.75) is 44.3 Å². The molecule has 4 rings (SSSR count). The first kappa shape index (κ1) is 30.4. The third-order valence-electron chi connectivity index (χ3n) is 6.78. The fourth-order valence-electron chi connectivity index (χ4n) is 4.75. The maximum Gasteiger partial charge on any atom is 0.313 e. The lowest BCUT2D eigenvalue weighted by Crippen LogP contribution is -2.57. The molecule has 1 aliphatic heterocycles. The molecule has 0 spiro atoms. The van der Waals surface area contributed by atoms with Gasteiger partial charge in [-0.2, -0.15) is 0 Å². The molecule has 1 saturated carbocycles. The van der Waals surface area contributed by atoms with Crippen molar-refractivity contribution in [1.82, 2.24) is 25.4 Å². The summed E-state index contributed by atoms with van der Waals surface area (Å²) in [5.74, 6) is -4.88. The van der Waals surface area contributed by atoms with E-state index in [0.29, 0.717) is 30.5 Å². The molecule has 1 aliphatic carbocycles. The zero-order valence-electron chi connectivity index (χ0n) is 21.8.